The molecule has 0 aliphatic carbocycles. The van der Waals surface area contributed by atoms with Gasteiger partial charge in [-0.2, -0.15) is 0 Å². The molecule has 1 aliphatic heterocycles. The highest BCUT2D eigenvalue weighted by Crippen LogP contribution is 2.25. The smallest absolute Gasteiger partial charge is 0.355 e. The molecule has 2 N–H and O–H groups in total. The molecule has 1 fully saturated rings. The number of thiazole rings is 1. The van der Waals surface area contributed by atoms with Crippen molar-refractivity contribution in [3.05, 3.63) is 40.9 Å². The third-order valence-corrected chi connectivity index (χ3v) is 6.39. The number of carbonyl (C=O) groups is 2. The molecule has 0 radical (unpaired) electrons. The van der Waals surface area contributed by atoms with Gasteiger partial charge in [0, 0.05) is 42.4 Å². The molecule has 26 heavy (non-hydrogen) atoms. The van der Waals surface area contributed by atoms with Crippen LogP contribution >= 0.6 is 23.1 Å². The maximum atomic E-state index is 12.2. The highest BCUT2D eigenvalue weighted by molar-refractivity contribution is 8.01. The first kappa shape index (κ1) is 18.7. The second-order valence-electron chi connectivity index (χ2n) is 6.13. The predicted octanol–water partition coefficient (Wildman–Crippen LogP) is 3.34. The van der Waals surface area contributed by atoms with Crippen LogP contribution < -0.4 is 5.32 Å². The summed E-state index contributed by atoms with van der Waals surface area (Å²) in [6.45, 7) is 3.45. The summed E-state index contributed by atoms with van der Waals surface area (Å²) in [5, 5.41) is 13.9. The third kappa shape index (κ3) is 4.56. The normalized spacial score (nSPS) is 16.9. The molecule has 2 aromatic rings. The third-order valence-electron chi connectivity index (χ3n) is 4.39. The van der Waals surface area contributed by atoms with Crippen molar-refractivity contribution in [3.63, 3.8) is 0 Å². The topological polar surface area (TPSA) is 82.5 Å². The molecule has 138 valence electrons. The van der Waals surface area contributed by atoms with E-state index in [4.69, 9.17) is 5.11 Å². The SMILES string of the molecule is Cc1ccccc1NC[C@H]1CCC(=O)N1CCSc1nc(C(=O)O)cs1. The first-order valence-corrected chi connectivity index (χ1v) is 10.3. The van der Waals surface area contributed by atoms with Gasteiger partial charge in [0.1, 0.15) is 0 Å². The van der Waals surface area contributed by atoms with Crippen molar-refractivity contribution in [2.24, 2.45) is 0 Å². The highest BCUT2D eigenvalue weighted by Gasteiger charge is 2.30. The number of rotatable bonds is 8. The number of aromatic nitrogens is 1. The second kappa shape index (κ2) is 8.55. The van der Waals surface area contributed by atoms with Crippen LogP contribution in [0.15, 0.2) is 34.0 Å². The molecule has 8 heteroatoms. The monoisotopic (exact) mass is 391 g/mol. The van der Waals surface area contributed by atoms with Gasteiger partial charge in [0.25, 0.3) is 0 Å². The number of aromatic carboxylic acids is 1. The number of amides is 1. The largest absolute Gasteiger partial charge is 0.476 e. The van der Waals surface area contributed by atoms with Gasteiger partial charge >= 0.3 is 5.97 Å². The zero-order chi connectivity index (χ0) is 18.5. The number of nitrogens with zero attached hydrogens (tertiary/aromatic N) is 2. The van der Waals surface area contributed by atoms with Gasteiger partial charge in [-0.15, -0.1) is 11.3 Å². The van der Waals surface area contributed by atoms with Gasteiger partial charge in [-0.05, 0) is 25.0 Å². The lowest BCUT2D eigenvalue weighted by molar-refractivity contribution is -0.128. The number of thioether (sulfide) groups is 1. The average Bonchev–Trinajstić information content (AvgIpc) is 3.22. The molecule has 3 rings (SSSR count). The van der Waals surface area contributed by atoms with E-state index in [1.165, 1.54) is 28.7 Å². The number of carboxylic acid groups (broad SMARTS) is 1. The number of aryl methyl sites for hydroxylation is 1. The first-order valence-electron chi connectivity index (χ1n) is 8.45. The Bertz CT molecular complexity index is 793. The van der Waals surface area contributed by atoms with E-state index in [2.05, 4.69) is 29.4 Å². The van der Waals surface area contributed by atoms with Gasteiger partial charge in [0.2, 0.25) is 5.91 Å². The molecule has 0 saturated carbocycles. The van der Waals surface area contributed by atoms with Gasteiger partial charge in [-0.3, -0.25) is 4.79 Å². The summed E-state index contributed by atoms with van der Waals surface area (Å²) < 4.78 is 0.726. The number of anilines is 1. The van der Waals surface area contributed by atoms with Crippen molar-refractivity contribution in [2.45, 2.75) is 30.1 Å². The van der Waals surface area contributed by atoms with E-state index in [1.807, 2.05) is 17.0 Å². The minimum atomic E-state index is -1.01. The molecular weight excluding hydrogens is 370 g/mol. The average molecular weight is 392 g/mol. The fraction of sp³-hybridized carbons (Fsp3) is 0.389. The lowest BCUT2D eigenvalue weighted by atomic mass is 10.1. The Morgan fingerprint density at radius 2 is 2.27 bits per heavy atom. The maximum absolute atomic E-state index is 12.2. The molecule has 1 saturated heterocycles. The summed E-state index contributed by atoms with van der Waals surface area (Å²) in [6.07, 6.45) is 1.45. The summed E-state index contributed by atoms with van der Waals surface area (Å²) in [7, 11) is 0. The quantitative estimate of drug-likeness (QED) is 0.672. The zero-order valence-electron chi connectivity index (χ0n) is 14.5. The number of hydrogen-bond donors (Lipinski definition) is 2. The number of carboxylic acids is 1. The van der Waals surface area contributed by atoms with Crippen molar-refractivity contribution < 1.29 is 14.7 Å². The number of hydrogen-bond acceptors (Lipinski definition) is 6. The highest BCUT2D eigenvalue weighted by atomic mass is 32.2. The predicted molar refractivity (Wildman–Crippen MR) is 104 cm³/mol. The van der Waals surface area contributed by atoms with E-state index in [9.17, 15) is 9.59 Å². The van der Waals surface area contributed by atoms with Crippen LogP contribution in [0.3, 0.4) is 0 Å². The summed E-state index contributed by atoms with van der Waals surface area (Å²) in [5.41, 5.74) is 2.37. The minimum Gasteiger partial charge on any atom is -0.476 e. The fourth-order valence-corrected chi connectivity index (χ4v) is 4.77. The Morgan fingerprint density at radius 3 is 3.00 bits per heavy atom. The van der Waals surface area contributed by atoms with Crippen LogP contribution in [0.5, 0.6) is 0 Å². The zero-order valence-corrected chi connectivity index (χ0v) is 16.1. The van der Waals surface area contributed by atoms with Gasteiger partial charge < -0.3 is 15.3 Å². The van der Waals surface area contributed by atoms with Gasteiger partial charge in [0.15, 0.2) is 10.0 Å². The Morgan fingerprint density at radius 1 is 1.46 bits per heavy atom. The second-order valence-corrected chi connectivity index (χ2v) is 8.33. The molecule has 1 aromatic heterocycles. The van der Waals surface area contributed by atoms with E-state index in [-0.39, 0.29) is 17.6 Å². The molecule has 0 spiro atoms. The molecule has 1 aromatic carbocycles. The van der Waals surface area contributed by atoms with Gasteiger partial charge in [-0.1, -0.05) is 30.0 Å². The fourth-order valence-electron chi connectivity index (χ4n) is 2.96. The summed E-state index contributed by atoms with van der Waals surface area (Å²) in [4.78, 5) is 29.1. The number of para-hydroxylation sites is 1. The van der Waals surface area contributed by atoms with Crippen molar-refractivity contribution in [2.75, 3.05) is 24.2 Å². The van der Waals surface area contributed by atoms with Crippen LogP contribution in [0.4, 0.5) is 5.69 Å². The van der Waals surface area contributed by atoms with Gasteiger partial charge in [-0.25, -0.2) is 9.78 Å². The Kier molecular flexibility index (Phi) is 6.16. The van der Waals surface area contributed by atoms with Crippen molar-refractivity contribution in [3.8, 4) is 0 Å². The molecule has 1 aliphatic rings. The van der Waals surface area contributed by atoms with Crippen molar-refractivity contribution in [1.82, 2.24) is 9.88 Å². The lowest BCUT2D eigenvalue weighted by Gasteiger charge is -2.25. The van der Waals surface area contributed by atoms with E-state index in [0.29, 0.717) is 18.7 Å². The molecule has 0 bridgehead atoms. The van der Waals surface area contributed by atoms with E-state index < -0.39 is 5.97 Å². The van der Waals surface area contributed by atoms with Crippen molar-refractivity contribution in [1.29, 1.82) is 0 Å². The first-order chi connectivity index (χ1) is 12.5. The van der Waals surface area contributed by atoms with E-state index in [1.54, 1.807) is 5.38 Å². The van der Waals surface area contributed by atoms with Crippen LogP contribution in [0.1, 0.15) is 28.9 Å². The summed E-state index contributed by atoms with van der Waals surface area (Å²) >= 11 is 2.82. The molecule has 2 heterocycles. The number of carbonyl (C=O) groups excluding carboxylic acids is 1. The van der Waals surface area contributed by atoms with Crippen LogP contribution in [-0.4, -0.2) is 51.8 Å². The standard InChI is InChI=1S/C18H21N3O3S2/c1-12-4-2-3-5-14(12)19-10-13-6-7-16(22)21(13)8-9-25-18-20-15(11-26-18)17(23)24/h2-5,11,13,19H,6-10H2,1H3,(H,23,24)/t13-/m1/s1. The summed E-state index contributed by atoms with van der Waals surface area (Å²) in [6, 6.07) is 8.32. The Balaban J connectivity index is 1.51. The number of nitrogens with one attached hydrogen (secondary N) is 1. The van der Waals surface area contributed by atoms with Gasteiger partial charge in [0.05, 0.1) is 0 Å². The molecular formula is C18H21N3O3S2. The lowest BCUT2D eigenvalue weighted by Crippen LogP contribution is -2.39. The molecule has 0 unspecified atom stereocenters. The van der Waals surface area contributed by atoms with Crippen LogP contribution in [0, 0.1) is 6.92 Å². The van der Waals surface area contributed by atoms with Crippen LogP contribution in [0.2, 0.25) is 0 Å². The Hall–Kier alpha value is -2.06. The maximum Gasteiger partial charge on any atom is 0.355 e. The van der Waals surface area contributed by atoms with Crippen LogP contribution in [-0.2, 0) is 4.79 Å². The number of benzene rings is 1. The molecule has 6 nitrogen and oxygen atoms in total. The minimum absolute atomic E-state index is 0.0788. The van der Waals surface area contributed by atoms with E-state index >= 15 is 0 Å². The van der Waals surface area contributed by atoms with Crippen LogP contribution in [0.25, 0.3) is 0 Å². The number of likely N-dealkylation sites (tertiary alicyclic amines) is 1. The van der Waals surface area contributed by atoms with E-state index in [0.717, 1.165) is 23.0 Å². The van der Waals surface area contributed by atoms with Crippen molar-refractivity contribution >= 4 is 40.7 Å². The Labute approximate surface area is 160 Å². The molecule has 1 atom stereocenters. The summed E-state index contributed by atoms with van der Waals surface area (Å²) in [5.74, 6) is -0.114. The molecule has 1 amide bonds.